The largest absolute Gasteiger partial charge is 0.487 e. The number of halogens is 4. The number of nitriles is 1. The Morgan fingerprint density at radius 3 is 2.34 bits per heavy atom. The van der Waals surface area contributed by atoms with E-state index in [-0.39, 0.29) is 5.57 Å². The van der Waals surface area contributed by atoms with Crippen LogP contribution in [0.4, 0.5) is 5.69 Å². The first kappa shape index (κ1) is 25.8. The molecule has 0 saturated carbocycles. The van der Waals surface area contributed by atoms with Crippen molar-refractivity contribution in [2.75, 3.05) is 5.32 Å². The summed E-state index contributed by atoms with van der Waals surface area (Å²) in [5.74, 6) is 0.225. The number of ether oxygens (including phenoxy) is 1. The van der Waals surface area contributed by atoms with Crippen LogP contribution in [0.1, 0.15) is 11.1 Å². The van der Waals surface area contributed by atoms with E-state index in [2.05, 4.69) is 80.8 Å². The Bertz CT molecular complexity index is 1490. The fourth-order valence-electron chi connectivity index (χ4n) is 3.37. The highest BCUT2D eigenvalue weighted by Gasteiger charge is 2.13. The normalized spacial score (nSPS) is 11.2. The topological polar surface area (TPSA) is 62.1 Å². The summed E-state index contributed by atoms with van der Waals surface area (Å²) in [5.41, 5.74) is 2.21. The highest BCUT2D eigenvalue weighted by molar-refractivity contribution is 14.1. The molecule has 0 unspecified atom stereocenters. The molecule has 0 atom stereocenters. The van der Waals surface area contributed by atoms with E-state index >= 15 is 0 Å². The van der Waals surface area contributed by atoms with E-state index in [0.29, 0.717) is 22.3 Å². The van der Waals surface area contributed by atoms with Crippen LogP contribution < -0.4 is 10.1 Å². The van der Waals surface area contributed by atoms with Crippen LogP contribution in [0.15, 0.2) is 78.4 Å². The third-order valence-corrected chi connectivity index (χ3v) is 7.41. The number of anilines is 1. The summed E-state index contributed by atoms with van der Waals surface area (Å²) in [6, 6.07) is 24.9. The number of rotatable bonds is 6. The van der Waals surface area contributed by atoms with E-state index in [1.165, 1.54) is 16.8 Å². The maximum absolute atomic E-state index is 12.6. The second-order valence-electron chi connectivity index (χ2n) is 7.54. The van der Waals surface area contributed by atoms with Crippen LogP contribution in [0.3, 0.4) is 0 Å². The Balaban J connectivity index is 1.50. The van der Waals surface area contributed by atoms with Gasteiger partial charge in [-0.15, -0.1) is 0 Å². The molecule has 35 heavy (non-hydrogen) atoms. The minimum atomic E-state index is -0.535. The van der Waals surface area contributed by atoms with Crippen LogP contribution in [-0.4, -0.2) is 5.91 Å². The number of hydrogen-bond donors (Lipinski definition) is 1. The van der Waals surface area contributed by atoms with Gasteiger partial charge in [-0.3, -0.25) is 4.79 Å². The smallest absolute Gasteiger partial charge is 0.266 e. The zero-order valence-electron chi connectivity index (χ0n) is 18.0. The molecule has 0 aliphatic rings. The summed E-state index contributed by atoms with van der Waals surface area (Å²) in [5, 5.41) is 15.3. The molecule has 4 nitrogen and oxygen atoms in total. The van der Waals surface area contributed by atoms with Crippen molar-refractivity contribution < 1.29 is 9.53 Å². The van der Waals surface area contributed by atoms with E-state index in [9.17, 15) is 10.1 Å². The van der Waals surface area contributed by atoms with Gasteiger partial charge >= 0.3 is 0 Å². The maximum atomic E-state index is 12.6. The number of hydrogen-bond acceptors (Lipinski definition) is 3. The lowest BCUT2D eigenvalue weighted by atomic mass is 10.1. The van der Waals surface area contributed by atoms with E-state index < -0.39 is 5.91 Å². The number of amides is 1. The van der Waals surface area contributed by atoms with Crippen molar-refractivity contribution in [3.63, 3.8) is 0 Å². The number of nitrogens with one attached hydrogen (secondary N) is 1. The first-order valence-electron chi connectivity index (χ1n) is 10.3. The van der Waals surface area contributed by atoms with Crippen molar-refractivity contribution >= 4 is 96.8 Å². The quantitative estimate of drug-likeness (QED) is 0.123. The SMILES string of the molecule is N#C/C(=C\c1cc(I)c(OCc2ccc3ccccc3c2)c(I)c1)C(=O)Nc1ccc(Cl)c(Cl)c1. The van der Waals surface area contributed by atoms with E-state index in [1.54, 1.807) is 18.2 Å². The van der Waals surface area contributed by atoms with Gasteiger partial charge in [0, 0.05) is 5.69 Å². The van der Waals surface area contributed by atoms with Gasteiger partial charge in [-0.2, -0.15) is 5.26 Å². The van der Waals surface area contributed by atoms with Crippen molar-refractivity contribution in [3.05, 3.63) is 107 Å². The number of fused-ring (bicyclic) bond motifs is 1. The maximum Gasteiger partial charge on any atom is 0.266 e. The van der Waals surface area contributed by atoms with Crippen LogP contribution in [0.25, 0.3) is 16.8 Å². The molecule has 4 aromatic carbocycles. The summed E-state index contributed by atoms with van der Waals surface area (Å²) >= 11 is 16.3. The molecule has 8 heteroatoms. The zero-order valence-corrected chi connectivity index (χ0v) is 23.8. The minimum absolute atomic E-state index is 0.0347. The van der Waals surface area contributed by atoms with Crippen molar-refractivity contribution in [1.82, 2.24) is 0 Å². The lowest BCUT2D eigenvalue weighted by Crippen LogP contribution is -2.13. The first-order valence-corrected chi connectivity index (χ1v) is 13.2. The molecule has 0 aliphatic carbocycles. The fourth-order valence-corrected chi connectivity index (χ4v) is 5.80. The van der Waals surface area contributed by atoms with Gasteiger partial charge in [0.25, 0.3) is 5.91 Å². The lowest BCUT2D eigenvalue weighted by molar-refractivity contribution is -0.112. The molecule has 0 aliphatic heterocycles. The molecule has 0 saturated heterocycles. The number of benzene rings is 4. The Kier molecular flexibility index (Phi) is 8.55. The Morgan fingerprint density at radius 2 is 1.66 bits per heavy atom. The molecule has 0 radical (unpaired) electrons. The fraction of sp³-hybridized carbons (Fsp3) is 0.0370. The van der Waals surface area contributed by atoms with Crippen molar-refractivity contribution in [3.8, 4) is 11.8 Å². The summed E-state index contributed by atoms with van der Waals surface area (Å²) in [4.78, 5) is 12.6. The average molecular weight is 725 g/mol. The Morgan fingerprint density at radius 1 is 0.943 bits per heavy atom. The van der Waals surface area contributed by atoms with Gasteiger partial charge in [0.15, 0.2) is 0 Å². The molecule has 0 aromatic heterocycles. The minimum Gasteiger partial charge on any atom is -0.487 e. The van der Waals surface area contributed by atoms with Crippen LogP contribution >= 0.6 is 68.4 Å². The van der Waals surface area contributed by atoms with Crippen LogP contribution in [-0.2, 0) is 11.4 Å². The third kappa shape index (κ3) is 6.47. The van der Waals surface area contributed by atoms with Crippen molar-refractivity contribution in [2.24, 2.45) is 0 Å². The summed E-state index contributed by atoms with van der Waals surface area (Å²) < 4.78 is 7.89. The monoisotopic (exact) mass is 724 g/mol. The third-order valence-electron chi connectivity index (χ3n) is 5.07. The van der Waals surface area contributed by atoms with Crippen LogP contribution in [0.2, 0.25) is 10.0 Å². The second-order valence-corrected chi connectivity index (χ2v) is 10.7. The predicted molar refractivity (Wildman–Crippen MR) is 159 cm³/mol. The van der Waals surface area contributed by atoms with Crippen molar-refractivity contribution in [2.45, 2.75) is 6.61 Å². The van der Waals surface area contributed by atoms with Gasteiger partial charge in [0.1, 0.15) is 24.0 Å². The first-order chi connectivity index (χ1) is 16.8. The van der Waals surface area contributed by atoms with Crippen LogP contribution in [0.5, 0.6) is 5.75 Å². The molecule has 1 amide bonds. The molecule has 4 aromatic rings. The van der Waals surface area contributed by atoms with Crippen molar-refractivity contribution in [1.29, 1.82) is 5.26 Å². The number of carbonyl (C=O) groups is 1. The average Bonchev–Trinajstić information content (AvgIpc) is 2.84. The molecule has 1 N–H and O–H groups in total. The summed E-state index contributed by atoms with van der Waals surface area (Å²) in [6.07, 6.45) is 1.55. The highest BCUT2D eigenvalue weighted by atomic mass is 127. The molecule has 0 bridgehead atoms. The van der Waals surface area contributed by atoms with Gasteiger partial charge < -0.3 is 10.1 Å². The number of carbonyl (C=O) groups excluding carboxylic acids is 1. The van der Waals surface area contributed by atoms with Gasteiger partial charge in [-0.05, 0) is 110 Å². The van der Waals surface area contributed by atoms with Gasteiger partial charge in [0.05, 0.1) is 17.2 Å². The molecule has 4 rings (SSSR count). The van der Waals surface area contributed by atoms with Crippen LogP contribution in [0, 0.1) is 18.5 Å². The van der Waals surface area contributed by atoms with E-state index in [4.69, 9.17) is 27.9 Å². The summed E-state index contributed by atoms with van der Waals surface area (Å²) in [6.45, 7) is 0.432. The van der Waals surface area contributed by atoms with E-state index in [0.717, 1.165) is 24.0 Å². The number of nitrogens with zero attached hydrogens (tertiary/aromatic N) is 1. The van der Waals surface area contributed by atoms with E-state index in [1.807, 2.05) is 30.3 Å². The highest BCUT2D eigenvalue weighted by Crippen LogP contribution is 2.31. The molecular formula is C27H16Cl2I2N2O2. The predicted octanol–water partition coefficient (Wildman–Crippen LogP) is 8.48. The van der Waals surface area contributed by atoms with Gasteiger partial charge in [0.2, 0.25) is 0 Å². The molecule has 174 valence electrons. The molecular weight excluding hydrogens is 709 g/mol. The summed E-state index contributed by atoms with van der Waals surface area (Å²) in [7, 11) is 0. The molecule has 0 spiro atoms. The second kappa shape index (κ2) is 11.6. The standard InChI is InChI=1S/C27H16Cl2I2N2O2/c28-22-8-7-21(13-23(22)29)33-27(34)20(14-32)10-17-11-24(30)26(25(31)12-17)35-15-16-5-6-18-3-1-2-4-19(18)9-16/h1-13H,15H2,(H,33,34)/b20-10+. The molecule has 0 heterocycles. The van der Waals surface area contributed by atoms with Gasteiger partial charge in [-0.1, -0.05) is 59.6 Å². The zero-order chi connectivity index (χ0) is 24.9. The Labute approximate surface area is 240 Å². The lowest BCUT2D eigenvalue weighted by Gasteiger charge is -2.12. The van der Waals surface area contributed by atoms with Gasteiger partial charge in [-0.25, -0.2) is 0 Å². The Hall–Kier alpha value is -2.32. The molecule has 0 fully saturated rings.